The summed E-state index contributed by atoms with van der Waals surface area (Å²) in [4.78, 5) is 4.11. The maximum atomic E-state index is 12.4. The van der Waals surface area contributed by atoms with Crippen LogP contribution in [0.1, 0.15) is 16.7 Å². The monoisotopic (exact) mass is 325 g/mol. The molecule has 0 aliphatic heterocycles. The van der Waals surface area contributed by atoms with Gasteiger partial charge in [-0.3, -0.25) is 4.98 Å². The molecule has 1 aromatic carbocycles. The minimum atomic E-state index is -3.65. The van der Waals surface area contributed by atoms with E-state index in [2.05, 4.69) is 9.71 Å². The standard InChI is InChI=1S/C14H16ClN3O2S/c1-9-5-12(15)13(16)6-14(9)21(19,20)18-8-11-3-4-17-7-10(11)2/h3-7,18H,8,16H2,1-2H3. The van der Waals surface area contributed by atoms with Gasteiger partial charge in [0.25, 0.3) is 0 Å². The van der Waals surface area contributed by atoms with Crippen LogP contribution in [0, 0.1) is 13.8 Å². The average Bonchev–Trinajstić information content (AvgIpc) is 2.42. The molecule has 1 aromatic heterocycles. The molecule has 0 aliphatic carbocycles. The van der Waals surface area contributed by atoms with Gasteiger partial charge in [-0.2, -0.15) is 0 Å². The number of nitrogen functional groups attached to an aromatic ring is 1. The Hall–Kier alpha value is -1.63. The summed E-state index contributed by atoms with van der Waals surface area (Å²) in [5, 5.41) is 0.344. The van der Waals surface area contributed by atoms with Crippen molar-refractivity contribution in [2.75, 3.05) is 5.73 Å². The smallest absolute Gasteiger partial charge is 0.241 e. The van der Waals surface area contributed by atoms with E-state index >= 15 is 0 Å². The van der Waals surface area contributed by atoms with Crippen LogP contribution in [0.15, 0.2) is 35.5 Å². The first kappa shape index (κ1) is 15.8. The van der Waals surface area contributed by atoms with Gasteiger partial charge >= 0.3 is 0 Å². The third kappa shape index (κ3) is 3.53. The largest absolute Gasteiger partial charge is 0.397 e. The predicted octanol–water partition coefficient (Wildman–Crippen LogP) is 2.41. The van der Waals surface area contributed by atoms with Crippen molar-refractivity contribution < 1.29 is 8.42 Å². The Kier molecular flexibility index (Phi) is 4.51. The zero-order valence-electron chi connectivity index (χ0n) is 11.7. The SMILES string of the molecule is Cc1cnccc1CNS(=O)(=O)c1cc(N)c(Cl)cc1C. The van der Waals surface area contributed by atoms with Crippen LogP contribution >= 0.6 is 11.6 Å². The van der Waals surface area contributed by atoms with Gasteiger partial charge in [-0.25, -0.2) is 13.1 Å². The molecule has 7 heteroatoms. The number of anilines is 1. The number of nitrogens with zero attached hydrogens (tertiary/aromatic N) is 1. The molecule has 2 rings (SSSR count). The van der Waals surface area contributed by atoms with Crippen molar-refractivity contribution in [3.8, 4) is 0 Å². The molecular formula is C14H16ClN3O2S. The summed E-state index contributed by atoms with van der Waals surface area (Å²) in [6.07, 6.45) is 3.32. The molecule has 0 saturated heterocycles. The van der Waals surface area contributed by atoms with Gasteiger partial charge in [0.1, 0.15) is 0 Å². The second-order valence-corrected chi connectivity index (χ2v) is 6.91. The highest BCUT2D eigenvalue weighted by Gasteiger charge is 2.18. The Morgan fingerprint density at radius 2 is 2.00 bits per heavy atom. The van der Waals surface area contributed by atoms with Gasteiger partial charge < -0.3 is 5.73 Å². The highest BCUT2D eigenvalue weighted by molar-refractivity contribution is 7.89. The zero-order valence-corrected chi connectivity index (χ0v) is 13.3. The first-order valence-electron chi connectivity index (χ1n) is 6.26. The Morgan fingerprint density at radius 3 is 2.67 bits per heavy atom. The van der Waals surface area contributed by atoms with Crippen molar-refractivity contribution in [2.45, 2.75) is 25.3 Å². The van der Waals surface area contributed by atoms with Gasteiger partial charge in [0.2, 0.25) is 10.0 Å². The van der Waals surface area contributed by atoms with Crippen molar-refractivity contribution >= 4 is 27.3 Å². The molecule has 112 valence electrons. The summed E-state index contributed by atoms with van der Waals surface area (Å²) < 4.78 is 27.3. The Bertz CT molecular complexity index is 776. The van der Waals surface area contributed by atoms with Gasteiger partial charge in [0.05, 0.1) is 15.6 Å². The number of aromatic nitrogens is 1. The lowest BCUT2D eigenvalue weighted by Crippen LogP contribution is -2.24. The van der Waals surface area contributed by atoms with Gasteiger partial charge in [-0.05, 0) is 48.7 Å². The third-order valence-corrected chi connectivity index (χ3v) is 5.04. The average molecular weight is 326 g/mol. The number of aryl methyl sites for hydroxylation is 2. The van der Waals surface area contributed by atoms with Gasteiger partial charge in [0, 0.05) is 18.9 Å². The lowest BCUT2D eigenvalue weighted by Gasteiger charge is -2.12. The van der Waals surface area contributed by atoms with E-state index in [1.807, 2.05) is 6.92 Å². The lowest BCUT2D eigenvalue weighted by atomic mass is 10.2. The van der Waals surface area contributed by atoms with Crippen molar-refractivity contribution in [2.24, 2.45) is 0 Å². The summed E-state index contributed by atoms with van der Waals surface area (Å²) in [5.41, 5.74) is 8.27. The maximum absolute atomic E-state index is 12.4. The Balaban J connectivity index is 2.27. The van der Waals surface area contributed by atoms with Crippen LogP contribution < -0.4 is 10.5 Å². The summed E-state index contributed by atoms with van der Waals surface area (Å²) in [7, 11) is -3.65. The summed E-state index contributed by atoms with van der Waals surface area (Å²) in [6.45, 7) is 3.75. The van der Waals surface area contributed by atoms with E-state index in [1.165, 1.54) is 6.07 Å². The molecule has 21 heavy (non-hydrogen) atoms. The molecule has 3 N–H and O–H groups in total. The molecular weight excluding hydrogens is 310 g/mol. The molecule has 1 heterocycles. The van der Waals surface area contributed by atoms with Crippen LogP contribution in [0.4, 0.5) is 5.69 Å². The fraction of sp³-hybridized carbons (Fsp3) is 0.214. The normalized spacial score (nSPS) is 11.6. The van der Waals surface area contributed by atoms with E-state index in [-0.39, 0.29) is 17.1 Å². The molecule has 0 aliphatic rings. The Morgan fingerprint density at radius 1 is 1.29 bits per heavy atom. The van der Waals surface area contributed by atoms with Gasteiger partial charge in [-0.1, -0.05) is 11.6 Å². The number of rotatable bonds is 4. The van der Waals surface area contributed by atoms with E-state index < -0.39 is 10.0 Å². The zero-order chi connectivity index (χ0) is 15.6. The van der Waals surface area contributed by atoms with Crippen molar-refractivity contribution in [1.29, 1.82) is 0 Å². The second-order valence-electron chi connectivity index (χ2n) is 4.77. The van der Waals surface area contributed by atoms with Crippen LogP contribution in [0.25, 0.3) is 0 Å². The molecule has 0 radical (unpaired) electrons. The number of hydrogen-bond donors (Lipinski definition) is 2. The predicted molar refractivity (Wildman–Crippen MR) is 83.6 cm³/mol. The maximum Gasteiger partial charge on any atom is 0.241 e. The van der Waals surface area contributed by atoms with E-state index in [1.54, 1.807) is 31.5 Å². The Labute approximate surface area is 129 Å². The van der Waals surface area contributed by atoms with E-state index in [0.29, 0.717) is 10.6 Å². The highest BCUT2D eigenvalue weighted by atomic mass is 35.5. The number of nitrogens with one attached hydrogen (secondary N) is 1. The van der Waals surface area contributed by atoms with E-state index in [4.69, 9.17) is 17.3 Å². The first-order valence-corrected chi connectivity index (χ1v) is 8.12. The molecule has 0 fully saturated rings. The van der Waals surface area contributed by atoms with Crippen LogP contribution in [0.5, 0.6) is 0 Å². The molecule has 0 unspecified atom stereocenters. The highest BCUT2D eigenvalue weighted by Crippen LogP contribution is 2.26. The number of benzene rings is 1. The molecule has 0 amide bonds. The number of hydrogen-bond acceptors (Lipinski definition) is 4. The molecule has 0 spiro atoms. The van der Waals surface area contributed by atoms with Crippen molar-refractivity contribution in [1.82, 2.24) is 9.71 Å². The topological polar surface area (TPSA) is 85.1 Å². The molecule has 0 atom stereocenters. The van der Waals surface area contributed by atoms with E-state index in [9.17, 15) is 8.42 Å². The van der Waals surface area contributed by atoms with Crippen LogP contribution in [-0.4, -0.2) is 13.4 Å². The summed E-state index contributed by atoms with van der Waals surface area (Å²) >= 11 is 5.88. The second kappa shape index (κ2) is 6.01. The quantitative estimate of drug-likeness (QED) is 0.845. The fourth-order valence-corrected chi connectivity index (χ4v) is 3.39. The fourth-order valence-electron chi connectivity index (χ4n) is 1.91. The van der Waals surface area contributed by atoms with Gasteiger partial charge in [-0.15, -0.1) is 0 Å². The molecule has 2 aromatic rings. The summed E-state index contributed by atoms with van der Waals surface area (Å²) in [6, 6.07) is 4.70. The van der Waals surface area contributed by atoms with Crippen LogP contribution in [0.2, 0.25) is 5.02 Å². The molecule has 0 bridgehead atoms. The van der Waals surface area contributed by atoms with Gasteiger partial charge in [0.15, 0.2) is 0 Å². The van der Waals surface area contributed by atoms with Crippen LogP contribution in [0.3, 0.4) is 0 Å². The van der Waals surface area contributed by atoms with Crippen LogP contribution in [-0.2, 0) is 16.6 Å². The first-order chi connectivity index (χ1) is 9.81. The number of nitrogens with two attached hydrogens (primary N) is 1. The minimum Gasteiger partial charge on any atom is -0.397 e. The number of pyridine rings is 1. The third-order valence-electron chi connectivity index (χ3n) is 3.17. The molecule has 5 nitrogen and oxygen atoms in total. The van der Waals surface area contributed by atoms with E-state index in [0.717, 1.165) is 11.1 Å². The van der Waals surface area contributed by atoms with Crippen molar-refractivity contribution in [3.05, 3.63) is 52.3 Å². The lowest BCUT2D eigenvalue weighted by molar-refractivity contribution is 0.580. The number of halogens is 1. The number of sulfonamides is 1. The van der Waals surface area contributed by atoms with Crippen molar-refractivity contribution in [3.63, 3.8) is 0 Å². The summed E-state index contributed by atoms with van der Waals surface area (Å²) in [5.74, 6) is 0. The minimum absolute atomic E-state index is 0.135. The molecule has 0 saturated carbocycles.